The molecular formula is C28H37Cl2N5O2. The van der Waals surface area contributed by atoms with E-state index in [2.05, 4.69) is 59.7 Å². The molecule has 4 rings (SSSR count). The Morgan fingerprint density at radius 3 is 1.84 bits per heavy atom. The Morgan fingerprint density at radius 2 is 1.38 bits per heavy atom. The molecule has 2 saturated heterocycles. The van der Waals surface area contributed by atoms with E-state index < -0.39 is 6.03 Å². The van der Waals surface area contributed by atoms with Gasteiger partial charge in [0.05, 0.1) is 12.6 Å². The summed E-state index contributed by atoms with van der Waals surface area (Å²) in [5, 5.41) is 1.41. The summed E-state index contributed by atoms with van der Waals surface area (Å²) in [5.41, 5.74) is 7.62. The van der Waals surface area contributed by atoms with Crippen molar-refractivity contribution in [3.8, 4) is 0 Å². The molecule has 0 aliphatic carbocycles. The summed E-state index contributed by atoms with van der Waals surface area (Å²) >= 11 is 12.4. The lowest BCUT2D eigenvalue weighted by Gasteiger charge is -2.50. The zero-order chi connectivity index (χ0) is 26.7. The monoisotopic (exact) mass is 545 g/mol. The second kappa shape index (κ2) is 11.6. The molecule has 0 radical (unpaired) electrons. The van der Waals surface area contributed by atoms with Crippen LogP contribution < -0.4 is 5.73 Å². The summed E-state index contributed by atoms with van der Waals surface area (Å²) in [6.07, 6.45) is 0. The quantitative estimate of drug-likeness (QED) is 0.606. The average molecular weight is 547 g/mol. The second-order valence-electron chi connectivity index (χ2n) is 11.1. The molecule has 0 unspecified atom stereocenters. The first kappa shape index (κ1) is 27.7. The first-order valence-electron chi connectivity index (χ1n) is 12.8. The van der Waals surface area contributed by atoms with Crippen LogP contribution in [0.4, 0.5) is 4.79 Å². The predicted octanol–water partition coefficient (Wildman–Crippen LogP) is 4.34. The highest BCUT2D eigenvalue weighted by atomic mass is 35.5. The van der Waals surface area contributed by atoms with Crippen molar-refractivity contribution in [2.75, 3.05) is 52.4 Å². The van der Waals surface area contributed by atoms with E-state index in [0.29, 0.717) is 49.3 Å². The second-order valence-corrected chi connectivity index (χ2v) is 11.9. The van der Waals surface area contributed by atoms with Gasteiger partial charge in [-0.25, -0.2) is 4.79 Å². The minimum atomic E-state index is -0.397. The van der Waals surface area contributed by atoms with E-state index in [0.717, 1.165) is 24.2 Å². The van der Waals surface area contributed by atoms with Crippen LogP contribution in [0.5, 0.6) is 0 Å². The van der Waals surface area contributed by atoms with Gasteiger partial charge in [0.15, 0.2) is 0 Å². The lowest BCUT2D eigenvalue weighted by molar-refractivity contribution is -0.141. The number of rotatable bonds is 5. The molecule has 2 aliphatic heterocycles. The molecule has 2 aliphatic rings. The van der Waals surface area contributed by atoms with Crippen molar-refractivity contribution in [2.24, 2.45) is 11.1 Å². The van der Waals surface area contributed by atoms with E-state index >= 15 is 0 Å². The standard InChI is InChI=1S/C28H37Cl2N5O2/c1-28(2,3)24-18-34(16-17-35(24)25(36)19-32-12-14-33(15-13-32)27(31)37)26(20-4-8-22(29)9-5-20)21-6-10-23(30)11-7-21/h4-11,24,26H,12-19H2,1-3H3,(H2,31,37)/t24-/m1/s1. The van der Waals surface area contributed by atoms with Gasteiger partial charge in [-0.2, -0.15) is 0 Å². The van der Waals surface area contributed by atoms with Crippen LogP contribution in [0.2, 0.25) is 10.0 Å². The van der Waals surface area contributed by atoms with Crippen LogP contribution in [0.15, 0.2) is 48.5 Å². The SMILES string of the molecule is CC(C)(C)[C@H]1CN(C(c2ccc(Cl)cc2)c2ccc(Cl)cc2)CCN1C(=O)CN1CCN(C(N)=O)CC1. The predicted molar refractivity (Wildman–Crippen MR) is 149 cm³/mol. The molecular weight excluding hydrogens is 509 g/mol. The Kier molecular flexibility index (Phi) is 8.69. The number of hydrogen-bond acceptors (Lipinski definition) is 4. The first-order chi connectivity index (χ1) is 17.5. The summed E-state index contributed by atoms with van der Waals surface area (Å²) in [6.45, 7) is 11.5. The van der Waals surface area contributed by atoms with Crippen LogP contribution in [0, 0.1) is 5.41 Å². The molecule has 0 aromatic heterocycles. The van der Waals surface area contributed by atoms with Crippen molar-refractivity contribution in [1.29, 1.82) is 0 Å². The Labute approximate surface area is 230 Å². The molecule has 1 atom stereocenters. The summed E-state index contributed by atoms with van der Waals surface area (Å²) in [7, 11) is 0. The molecule has 3 amide bonds. The maximum Gasteiger partial charge on any atom is 0.314 e. The van der Waals surface area contributed by atoms with E-state index in [4.69, 9.17) is 28.9 Å². The largest absolute Gasteiger partial charge is 0.351 e. The third-order valence-electron chi connectivity index (χ3n) is 7.51. The fraction of sp³-hybridized carbons (Fsp3) is 0.500. The number of carbonyl (C=O) groups is 2. The van der Waals surface area contributed by atoms with E-state index in [1.807, 2.05) is 24.3 Å². The molecule has 0 bridgehead atoms. The van der Waals surface area contributed by atoms with Crippen LogP contribution in [-0.4, -0.2) is 89.9 Å². The molecule has 2 heterocycles. The number of nitrogens with zero attached hydrogens (tertiary/aromatic N) is 4. The van der Waals surface area contributed by atoms with Crippen molar-refractivity contribution >= 4 is 35.1 Å². The van der Waals surface area contributed by atoms with Gasteiger partial charge < -0.3 is 15.5 Å². The highest BCUT2D eigenvalue weighted by Crippen LogP contribution is 2.36. The Bertz CT molecular complexity index is 1030. The Morgan fingerprint density at radius 1 is 0.865 bits per heavy atom. The van der Waals surface area contributed by atoms with Crippen LogP contribution in [0.25, 0.3) is 0 Å². The van der Waals surface area contributed by atoms with Crippen molar-refractivity contribution in [2.45, 2.75) is 32.9 Å². The minimum Gasteiger partial charge on any atom is -0.351 e. The molecule has 0 spiro atoms. The fourth-order valence-electron chi connectivity index (χ4n) is 5.39. The molecule has 7 nitrogen and oxygen atoms in total. The number of benzene rings is 2. The number of halogens is 2. The van der Waals surface area contributed by atoms with Crippen molar-refractivity contribution in [3.05, 3.63) is 69.7 Å². The van der Waals surface area contributed by atoms with Gasteiger partial charge in [-0.1, -0.05) is 68.2 Å². The van der Waals surface area contributed by atoms with E-state index in [1.165, 1.54) is 0 Å². The topological polar surface area (TPSA) is 73.1 Å². The van der Waals surface area contributed by atoms with Gasteiger partial charge in [-0.15, -0.1) is 0 Å². The van der Waals surface area contributed by atoms with Crippen molar-refractivity contribution in [3.63, 3.8) is 0 Å². The Hall–Kier alpha value is -2.32. The summed E-state index contributed by atoms with van der Waals surface area (Å²) in [6, 6.07) is 15.7. The first-order valence-corrected chi connectivity index (χ1v) is 13.6. The normalized spacial score (nSPS) is 19.9. The Balaban J connectivity index is 1.53. The summed E-state index contributed by atoms with van der Waals surface area (Å²) in [4.78, 5) is 33.3. The van der Waals surface area contributed by atoms with Gasteiger partial charge in [0, 0.05) is 61.9 Å². The fourth-order valence-corrected chi connectivity index (χ4v) is 5.64. The van der Waals surface area contributed by atoms with Crippen LogP contribution in [0.3, 0.4) is 0 Å². The summed E-state index contributed by atoms with van der Waals surface area (Å²) in [5.74, 6) is 0.140. The van der Waals surface area contributed by atoms with Gasteiger partial charge in [0.25, 0.3) is 0 Å². The van der Waals surface area contributed by atoms with Gasteiger partial charge >= 0.3 is 6.03 Å². The zero-order valence-corrected chi connectivity index (χ0v) is 23.4. The molecule has 200 valence electrons. The molecule has 9 heteroatoms. The number of nitrogens with two attached hydrogens (primary N) is 1. The number of hydrogen-bond donors (Lipinski definition) is 1. The number of urea groups is 1. The summed E-state index contributed by atoms with van der Waals surface area (Å²) < 4.78 is 0. The zero-order valence-electron chi connectivity index (χ0n) is 21.9. The third-order valence-corrected chi connectivity index (χ3v) is 8.02. The molecule has 2 fully saturated rings. The minimum absolute atomic E-state index is 0.0264. The smallest absolute Gasteiger partial charge is 0.314 e. The van der Waals surface area contributed by atoms with E-state index in [-0.39, 0.29) is 23.4 Å². The van der Waals surface area contributed by atoms with Crippen molar-refractivity contribution < 1.29 is 9.59 Å². The van der Waals surface area contributed by atoms with Gasteiger partial charge in [-0.05, 0) is 40.8 Å². The van der Waals surface area contributed by atoms with Gasteiger partial charge in [0.2, 0.25) is 5.91 Å². The maximum absolute atomic E-state index is 13.6. The average Bonchev–Trinajstić information content (AvgIpc) is 2.86. The highest BCUT2D eigenvalue weighted by molar-refractivity contribution is 6.30. The van der Waals surface area contributed by atoms with Gasteiger partial charge in [-0.3, -0.25) is 14.6 Å². The number of piperazine rings is 2. The maximum atomic E-state index is 13.6. The molecule has 37 heavy (non-hydrogen) atoms. The third kappa shape index (κ3) is 6.77. The highest BCUT2D eigenvalue weighted by Gasteiger charge is 2.40. The van der Waals surface area contributed by atoms with E-state index in [9.17, 15) is 9.59 Å². The number of primary amides is 1. The molecule has 0 saturated carbocycles. The molecule has 2 aromatic carbocycles. The van der Waals surface area contributed by atoms with Crippen LogP contribution >= 0.6 is 23.2 Å². The molecule has 2 N–H and O–H groups in total. The molecule has 2 aromatic rings. The van der Waals surface area contributed by atoms with Gasteiger partial charge in [0.1, 0.15) is 0 Å². The number of carbonyl (C=O) groups excluding carboxylic acids is 2. The van der Waals surface area contributed by atoms with E-state index in [1.54, 1.807) is 4.90 Å². The van der Waals surface area contributed by atoms with Crippen LogP contribution in [-0.2, 0) is 4.79 Å². The lowest BCUT2D eigenvalue weighted by atomic mass is 9.83. The lowest BCUT2D eigenvalue weighted by Crippen LogP contribution is -2.62. The number of amides is 3. The van der Waals surface area contributed by atoms with Crippen LogP contribution in [0.1, 0.15) is 37.9 Å². The van der Waals surface area contributed by atoms with Crippen molar-refractivity contribution in [1.82, 2.24) is 19.6 Å².